The Bertz CT molecular complexity index is 307. The van der Waals surface area contributed by atoms with Gasteiger partial charge in [0.2, 0.25) is 0 Å². The third-order valence-corrected chi connectivity index (χ3v) is 2.60. The summed E-state index contributed by atoms with van der Waals surface area (Å²) in [6.07, 6.45) is 3.01. The average Bonchev–Trinajstić information content (AvgIpc) is 2.24. The molecular formula is C13H18F2. The number of hydrogen-bond acceptors (Lipinski definition) is 0. The van der Waals surface area contributed by atoms with Gasteiger partial charge >= 0.3 is 0 Å². The molecule has 0 radical (unpaired) electrons. The zero-order valence-electron chi connectivity index (χ0n) is 9.39. The van der Waals surface area contributed by atoms with Crippen molar-refractivity contribution in [2.45, 2.75) is 39.0 Å². The maximum Gasteiger partial charge on any atom is 0.123 e. The van der Waals surface area contributed by atoms with Gasteiger partial charge in [0.25, 0.3) is 0 Å². The molecule has 0 N–H and O–H groups in total. The zero-order chi connectivity index (χ0) is 11.3. The molecule has 1 aromatic rings. The molecule has 0 bridgehead atoms. The number of halogens is 2. The number of benzene rings is 1. The van der Waals surface area contributed by atoms with E-state index in [4.69, 9.17) is 0 Å². The Morgan fingerprint density at radius 1 is 1.27 bits per heavy atom. The summed E-state index contributed by atoms with van der Waals surface area (Å²) in [6, 6.07) is 4.90. The van der Waals surface area contributed by atoms with Gasteiger partial charge in [-0.1, -0.05) is 26.3 Å². The van der Waals surface area contributed by atoms with Crippen LogP contribution in [0.3, 0.4) is 0 Å². The van der Waals surface area contributed by atoms with Crippen molar-refractivity contribution in [3.63, 3.8) is 0 Å². The lowest BCUT2D eigenvalue weighted by atomic mass is 9.98. The minimum absolute atomic E-state index is 0.207. The molecule has 0 fully saturated rings. The van der Waals surface area contributed by atoms with E-state index in [1.54, 1.807) is 13.0 Å². The van der Waals surface area contributed by atoms with Crippen LogP contribution in [0, 0.1) is 5.82 Å². The van der Waals surface area contributed by atoms with Gasteiger partial charge < -0.3 is 0 Å². The minimum Gasteiger partial charge on any atom is -0.250 e. The molecule has 84 valence electrons. The molecule has 2 heteroatoms. The third-order valence-electron chi connectivity index (χ3n) is 2.60. The molecule has 1 unspecified atom stereocenters. The first-order chi connectivity index (χ1) is 7.17. The van der Waals surface area contributed by atoms with Gasteiger partial charge in [-0.2, -0.15) is 0 Å². The van der Waals surface area contributed by atoms with Crippen LogP contribution in [-0.4, -0.2) is 6.67 Å². The second-order valence-electron chi connectivity index (χ2n) is 4.05. The SMILES string of the molecule is CCCCc1cc(F)cc(C(C)CF)c1. The highest BCUT2D eigenvalue weighted by Crippen LogP contribution is 2.20. The maximum absolute atomic E-state index is 13.2. The summed E-state index contributed by atoms with van der Waals surface area (Å²) in [5, 5.41) is 0. The summed E-state index contributed by atoms with van der Waals surface area (Å²) in [4.78, 5) is 0. The first kappa shape index (κ1) is 12.2. The van der Waals surface area contributed by atoms with Crippen LogP contribution in [-0.2, 0) is 6.42 Å². The van der Waals surface area contributed by atoms with Gasteiger partial charge in [0, 0.05) is 5.92 Å². The first-order valence-electron chi connectivity index (χ1n) is 5.52. The quantitative estimate of drug-likeness (QED) is 0.684. The van der Waals surface area contributed by atoms with E-state index in [0.29, 0.717) is 0 Å². The molecule has 0 aliphatic heterocycles. The standard InChI is InChI=1S/C13H18F2/c1-3-4-5-11-6-12(10(2)9-14)8-13(15)7-11/h6-8,10H,3-5,9H2,1-2H3. The Morgan fingerprint density at radius 2 is 2.00 bits per heavy atom. The number of aryl methyl sites for hydroxylation is 1. The number of alkyl halides is 1. The molecule has 0 amide bonds. The molecule has 0 nitrogen and oxygen atoms in total. The third kappa shape index (κ3) is 3.61. The van der Waals surface area contributed by atoms with Crippen LogP contribution in [0.1, 0.15) is 43.7 Å². The molecule has 1 rings (SSSR count). The summed E-state index contributed by atoms with van der Waals surface area (Å²) >= 11 is 0. The van der Waals surface area contributed by atoms with Gasteiger partial charge in [0.05, 0.1) is 6.67 Å². The Balaban J connectivity index is 2.84. The van der Waals surface area contributed by atoms with Gasteiger partial charge in [-0.05, 0) is 36.1 Å². The predicted molar refractivity (Wildman–Crippen MR) is 59.4 cm³/mol. The predicted octanol–water partition coefficient (Wildman–Crippen LogP) is 4.24. The van der Waals surface area contributed by atoms with Gasteiger partial charge in [0.1, 0.15) is 5.82 Å². The van der Waals surface area contributed by atoms with Crippen LogP contribution in [0.15, 0.2) is 18.2 Å². The lowest BCUT2D eigenvalue weighted by molar-refractivity contribution is 0.446. The minimum atomic E-state index is -0.434. The highest BCUT2D eigenvalue weighted by Gasteiger charge is 2.07. The fourth-order valence-electron chi connectivity index (χ4n) is 1.57. The van der Waals surface area contributed by atoms with Gasteiger partial charge in [-0.15, -0.1) is 0 Å². The molecule has 1 aromatic carbocycles. The molecule has 0 heterocycles. The van der Waals surface area contributed by atoms with E-state index in [9.17, 15) is 8.78 Å². The van der Waals surface area contributed by atoms with Crippen LogP contribution in [0.2, 0.25) is 0 Å². The van der Waals surface area contributed by atoms with Crippen LogP contribution in [0.25, 0.3) is 0 Å². The molecule has 0 aromatic heterocycles. The van der Waals surface area contributed by atoms with Crippen molar-refractivity contribution in [3.05, 3.63) is 35.1 Å². The molecule has 0 spiro atoms. The summed E-state index contributed by atoms with van der Waals surface area (Å²) < 4.78 is 25.7. The van der Waals surface area contributed by atoms with Crippen LogP contribution in [0.5, 0.6) is 0 Å². The summed E-state index contributed by atoms with van der Waals surface area (Å²) in [7, 11) is 0. The van der Waals surface area contributed by atoms with Crippen molar-refractivity contribution in [1.29, 1.82) is 0 Å². The summed E-state index contributed by atoms with van der Waals surface area (Å²) in [5.74, 6) is -0.458. The highest BCUT2D eigenvalue weighted by molar-refractivity contribution is 5.27. The Morgan fingerprint density at radius 3 is 2.60 bits per heavy atom. The van der Waals surface area contributed by atoms with Crippen LogP contribution >= 0.6 is 0 Å². The van der Waals surface area contributed by atoms with E-state index < -0.39 is 6.67 Å². The fourth-order valence-corrected chi connectivity index (χ4v) is 1.57. The van der Waals surface area contributed by atoms with Crippen molar-refractivity contribution in [2.75, 3.05) is 6.67 Å². The van der Waals surface area contributed by atoms with Crippen LogP contribution < -0.4 is 0 Å². The maximum atomic E-state index is 13.2. The van der Waals surface area contributed by atoms with E-state index >= 15 is 0 Å². The molecular weight excluding hydrogens is 194 g/mol. The van der Waals surface area contributed by atoms with Crippen molar-refractivity contribution in [1.82, 2.24) is 0 Å². The largest absolute Gasteiger partial charge is 0.250 e. The average molecular weight is 212 g/mol. The molecule has 0 saturated heterocycles. The highest BCUT2D eigenvalue weighted by atomic mass is 19.1. The van der Waals surface area contributed by atoms with Crippen molar-refractivity contribution in [2.24, 2.45) is 0 Å². The lowest BCUT2D eigenvalue weighted by Crippen LogP contribution is -1.98. The Labute approximate surface area is 90.3 Å². The van der Waals surface area contributed by atoms with Crippen molar-refractivity contribution in [3.8, 4) is 0 Å². The molecule has 1 atom stereocenters. The van der Waals surface area contributed by atoms with Crippen molar-refractivity contribution >= 4 is 0 Å². The monoisotopic (exact) mass is 212 g/mol. The number of hydrogen-bond donors (Lipinski definition) is 0. The second kappa shape index (κ2) is 5.84. The molecule has 0 saturated carbocycles. The van der Waals surface area contributed by atoms with E-state index in [1.807, 2.05) is 6.07 Å². The Hall–Kier alpha value is -0.920. The van der Waals surface area contributed by atoms with Crippen molar-refractivity contribution < 1.29 is 8.78 Å². The number of rotatable bonds is 5. The topological polar surface area (TPSA) is 0 Å². The fraction of sp³-hybridized carbons (Fsp3) is 0.538. The van der Waals surface area contributed by atoms with Crippen LogP contribution in [0.4, 0.5) is 8.78 Å². The number of unbranched alkanes of at least 4 members (excludes halogenated alkanes) is 1. The first-order valence-corrected chi connectivity index (χ1v) is 5.52. The molecule has 15 heavy (non-hydrogen) atoms. The Kier molecular flexibility index (Phi) is 4.73. The summed E-state index contributed by atoms with van der Waals surface area (Å²) in [5.41, 5.74) is 1.75. The molecule has 0 aliphatic carbocycles. The molecule has 0 aliphatic rings. The summed E-state index contributed by atoms with van der Waals surface area (Å²) in [6.45, 7) is 3.44. The lowest BCUT2D eigenvalue weighted by Gasteiger charge is -2.09. The van der Waals surface area contributed by atoms with E-state index in [-0.39, 0.29) is 11.7 Å². The second-order valence-corrected chi connectivity index (χ2v) is 4.05. The van der Waals surface area contributed by atoms with E-state index in [0.717, 1.165) is 30.4 Å². The van der Waals surface area contributed by atoms with Gasteiger partial charge in [-0.3, -0.25) is 4.39 Å². The van der Waals surface area contributed by atoms with E-state index in [2.05, 4.69) is 6.92 Å². The van der Waals surface area contributed by atoms with Gasteiger partial charge in [0.15, 0.2) is 0 Å². The van der Waals surface area contributed by atoms with E-state index in [1.165, 1.54) is 6.07 Å². The smallest absolute Gasteiger partial charge is 0.123 e. The zero-order valence-corrected chi connectivity index (χ0v) is 9.39. The van der Waals surface area contributed by atoms with Gasteiger partial charge in [-0.25, -0.2) is 4.39 Å². The normalized spacial score (nSPS) is 12.8.